The number of ether oxygens (including phenoxy) is 12. The van der Waals surface area contributed by atoms with E-state index in [1.807, 2.05) is 0 Å². The summed E-state index contributed by atoms with van der Waals surface area (Å²) in [7, 11) is 0. The summed E-state index contributed by atoms with van der Waals surface area (Å²) in [5, 5.41) is 2.71. The Morgan fingerprint density at radius 2 is 0.667 bits per heavy atom. The summed E-state index contributed by atoms with van der Waals surface area (Å²) in [5.74, 6) is 0.471. The Hall–Kier alpha value is -2.44. The van der Waals surface area contributed by atoms with Crippen molar-refractivity contribution < 1.29 is 66.4 Å². The fourth-order valence-electron chi connectivity index (χ4n) is 6.06. The van der Waals surface area contributed by atoms with Gasteiger partial charge in [-0.3, -0.25) is 9.59 Å². The van der Waals surface area contributed by atoms with Crippen molar-refractivity contribution in [2.75, 3.05) is 151 Å². The van der Waals surface area contributed by atoms with E-state index in [1.165, 1.54) is 90.4 Å². The van der Waals surface area contributed by atoms with Crippen molar-refractivity contribution in [3.05, 3.63) is 24.3 Å². The minimum Gasteiger partial charge on any atom is -0.491 e. The summed E-state index contributed by atoms with van der Waals surface area (Å²) in [4.78, 5) is 23.0. The average Bonchev–Trinajstić information content (AvgIpc) is 3.28. The van der Waals surface area contributed by atoms with E-state index < -0.39 is 0 Å². The number of hydrogen-bond acceptors (Lipinski definition) is 14. The molecule has 0 unspecified atom stereocenters. The molecule has 1 aromatic carbocycles. The summed E-state index contributed by atoms with van der Waals surface area (Å²) in [6.45, 7) is 14.0. The van der Waals surface area contributed by atoms with Gasteiger partial charge in [-0.15, -0.1) is 0 Å². The molecule has 1 amide bonds. The quantitative estimate of drug-likeness (QED) is 0.0496. The van der Waals surface area contributed by atoms with E-state index in [1.54, 1.807) is 24.3 Å². The molecule has 15 nitrogen and oxygen atoms in total. The maximum Gasteiger partial charge on any atom is 0.305 e. The van der Waals surface area contributed by atoms with Crippen molar-refractivity contribution in [2.24, 2.45) is 0 Å². The van der Waals surface area contributed by atoms with Gasteiger partial charge < -0.3 is 62.2 Å². The van der Waals surface area contributed by atoms with Gasteiger partial charge in [-0.1, -0.05) is 96.8 Å². The van der Waals surface area contributed by atoms with Crippen molar-refractivity contribution in [1.29, 1.82) is 0 Å². The van der Waals surface area contributed by atoms with Crippen LogP contribution in [-0.2, 0) is 61.7 Å². The Morgan fingerprint density at radius 1 is 0.381 bits per heavy atom. The molecule has 15 heteroatoms. The Kier molecular flexibility index (Phi) is 45.6. The van der Waals surface area contributed by atoms with Crippen LogP contribution in [0.25, 0.3) is 0 Å². The first-order valence-electron chi connectivity index (χ1n) is 24.0. The van der Waals surface area contributed by atoms with Gasteiger partial charge in [0.05, 0.1) is 132 Å². The maximum absolute atomic E-state index is 11.9. The zero-order chi connectivity index (χ0) is 45.2. The zero-order valence-electron chi connectivity index (χ0n) is 39.4. The lowest BCUT2D eigenvalue weighted by Gasteiger charge is -2.09. The largest absolute Gasteiger partial charge is 0.491 e. The molecule has 0 radical (unpaired) electrons. The van der Waals surface area contributed by atoms with E-state index >= 15 is 0 Å². The molecule has 0 atom stereocenters. The van der Waals surface area contributed by atoms with Crippen molar-refractivity contribution in [3.63, 3.8) is 0 Å². The molecule has 0 aliphatic carbocycles. The standard InChI is InChI=1S/C48H87NO14/c1-3-4-5-6-7-8-9-10-11-12-13-14-15-16-17-18-48(51)63-44-42-61-40-38-59-36-34-57-32-30-55-28-26-53-24-23-52-25-27-54-29-31-56-33-35-58-37-39-60-41-43-62-47-21-19-46(20-22-47)49-45(2)50/h19-22H,3-18,23-44H2,1-2H3,(H,49,50). The number of esters is 1. The third kappa shape index (κ3) is 45.9. The average molecular weight is 902 g/mol. The Balaban J connectivity index is 1.65. The van der Waals surface area contributed by atoms with Crippen LogP contribution < -0.4 is 10.1 Å². The Morgan fingerprint density at radius 3 is 0.984 bits per heavy atom. The normalized spacial score (nSPS) is 11.3. The number of nitrogens with one attached hydrogen (secondary N) is 1. The molecule has 63 heavy (non-hydrogen) atoms. The minimum atomic E-state index is -0.134. The van der Waals surface area contributed by atoms with Crippen molar-refractivity contribution in [2.45, 2.75) is 117 Å². The summed E-state index contributed by atoms with van der Waals surface area (Å²) >= 11 is 0. The second-order valence-corrected chi connectivity index (χ2v) is 15.1. The molecule has 368 valence electrons. The molecule has 1 N–H and O–H groups in total. The SMILES string of the molecule is CCCCCCCCCCCCCCCCCC(=O)OCCOCCOCCOCCOCCOCCOCCOCCOCCOCCOCCOc1ccc(NC(C)=O)cc1. The van der Waals surface area contributed by atoms with Gasteiger partial charge in [0.25, 0.3) is 0 Å². The number of benzene rings is 1. The van der Waals surface area contributed by atoms with E-state index in [9.17, 15) is 9.59 Å². The third-order valence-electron chi connectivity index (χ3n) is 9.49. The van der Waals surface area contributed by atoms with E-state index in [0.717, 1.165) is 18.5 Å². The lowest BCUT2D eigenvalue weighted by Crippen LogP contribution is -2.15. The molecule has 0 bridgehead atoms. The second-order valence-electron chi connectivity index (χ2n) is 15.1. The second kappa shape index (κ2) is 49.0. The van der Waals surface area contributed by atoms with E-state index in [4.69, 9.17) is 56.8 Å². The number of unbranched alkanes of at least 4 members (excludes halogenated alkanes) is 14. The molecule has 0 aliphatic heterocycles. The van der Waals surface area contributed by atoms with Gasteiger partial charge in [0, 0.05) is 19.0 Å². The van der Waals surface area contributed by atoms with Crippen molar-refractivity contribution in [3.8, 4) is 5.75 Å². The fourth-order valence-corrected chi connectivity index (χ4v) is 6.06. The molecule has 1 rings (SSSR count). The number of carbonyl (C=O) groups excluding carboxylic acids is 2. The zero-order valence-corrected chi connectivity index (χ0v) is 39.4. The predicted molar refractivity (Wildman–Crippen MR) is 245 cm³/mol. The smallest absolute Gasteiger partial charge is 0.305 e. The first-order chi connectivity index (χ1) is 31.1. The van der Waals surface area contributed by atoms with Crippen LogP contribution in [0.1, 0.15) is 117 Å². The van der Waals surface area contributed by atoms with E-state index in [2.05, 4.69) is 12.2 Å². The minimum absolute atomic E-state index is 0.110. The fraction of sp³-hybridized carbons (Fsp3) is 0.833. The summed E-state index contributed by atoms with van der Waals surface area (Å²) in [6.07, 6.45) is 20.2. The number of carbonyl (C=O) groups is 2. The lowest BCUT2D eigenvalue weighted by atomic mass is 10.0. The van der Waals surface area contributed by atoms with Gasteiger partial charge in [0.1, 0.15) is 19.0 Å². The van der Waals surface area contributed by atoms with Gasteiger partial charge in [0.15, 0.2) is 0 Å². The first kappa shape index (κ1) is 58.6. The Bertz CT molecular complexity index is 1100. The van der Waals surface area contributed by atoms with Crippen LogP contribution in [0.2, 0.25) is 0 Å². The van der Waals surface area contributed by atoms with Crippen LogP contribution >= 0.6 is 0 Å². The molecule has 0 saturated carbocycles. The van der Waals surface area contributed by atoms with E-state index in [0.29, 0.717) is 151 Å². The summed E-state index contributed by atoms with van der Waals surface area (Å²) in [6, 6.07) is 7.18. The van der Waals surface area contributed by atoms with Crippen molar-refractivity contribution in [1.82, 2.24) is 0 Å². The highest BCUT2D eigenvalue weighted by Crippen LogP contribution is 2.16. The molecule has 0 aliphatic rings. The van der Waals surface area contributed by atoms with Gasteiger partial charge in [-0.05, 0) is 30.7 Å². The summed E-state index contributed by atoms with van der Waals surface area (Å²) in [5.41, 5.74) is 0.730. The van der Waals surface area contributed by atoms with Crippen LogP contribution in [0.3, 0.4) is 0 Å². The molecule has 0 fully saturated rings. The number of hydrogen-bond donors (Lipinski definition) is 1. The molecular weight excluding hydrogens is 815 g/mol. The molecular formula is C48H87NO14. The van der Waals surface area contributed by atoms with Crippen molar-refractivity contribution >= 4 is 17.6 Å². The van der Waals surface area contributed by atoms with Crippen LogP contribution in [0.4, 0.5) is 5.69 Å². The highest BCUT2D eigenvalue weighted by molar-refractivity contribution is 5.88. The van der Waals surface area contributed by atoms with Gasteiger partial charge >= 0.3 is 5.97 Å². The van der Waals surface area contributed by atoms with Crippen LogP contribution in [0, 0.1) is 0 Å². The number of rotatable bonds is 51. The monoisotopic (exact) mass is 902 g/mol. The van der Waals surface area contributed by atoms with Gasteiger partial charge in [-0.25, -0.2) is 0 Å². The van der Waals surface area contributed by atoms with Gasteiger partial charge in [0.2, 0.25) is 5.91 Å². The van der Waals surface area contributed by atoms with Crippen LogP contribution in [0.15, 0.2) is 24.3 Å². The van der Waals surface area contributed by atoms with Gasteiger partial charge in [-0.2, -0.15) is 0 Å². The highest BCUT2D eigenvalue weighted by Gasteiger charge is 2.04. The van der Waals surface area contributed by atoms with E-state index in [-0.39, 0.29) is 18.5 Å². The maximum atomic E-state index is 11.9. The summed E-state index contributed by atoms with van der Waals surface area (Å²) < 4.78 is 65.9. The molecule has 0 spiro atoms. The molecule has 0 heterocycles. The van der Waals surface area contributed by atoms with Crippen LogP contribution in [0.5, 0.6) is 5.75 Å². The third-order valence-corrected chi connectivity index (χ3v) is 9.49. The predicted octanol–water partition coefficient (Wildman–Crippen LogP) is 7.99. The first-order valence-corrected chi connectivity index (χ1v) is 24.0. The molecule has 0 saturated heterocycles. The number of anilines is 1. The van der Waals surface area contributed by atoms with Crippen LogP contribution in [-0.4, -0.2) is 157 Å². The Labute approximate surface area is 380 Å². The lowest BCUT2D eigenvalue weighted by molar-refractivity contribution is -0.145. The number of amides is 1. The highest BCUT2D eigenvalue weighted by atomic mass is 16.6. The topological polar surface area (TPSA) is 157 Å². The molecule has 1 aromatic rings. The molecule has 0 aromatic heterocycles.